The molecule has 0 unspecified atom stereocenters. The molecule has 0 aliphatic heterocycles. The summed E-state index contributed by atoms with van der Waals surface area (Å²) in [5.41, 5.74) is 0. The maximum absolute atomic E-state index is 0. The van der Waals surface area contributed by atoms with Gasteiger partial charge in [-0.2, -0.15) is 0 Å². The van der Waals surface area contributed by atoms with E-state index in [4.69, 9.17) is 0 Å². The topological polar surface area (TPSA) is 189 Å². The van der Waals surface area contributed by atoms with E-state index in [0.29, 0.717) is 0 Å². The largest absolute Gasteiger partial charge is 1.00 e. The van der Waals surface area contributed by atoms with Gasteiger partial charge in [0.2, 0.25) is 0 Å². The van der Waals surface area contributed by atoms with Gasteiger partial charge in [0.15, 0.2) is 0 Å². The minimum absolute atomic E-state index is 0. The van der Waals surface area contributed by atoms with Crippen LogP contribution in [0.15, 0.2) is 0 Å². The molecule has 8 heteroatoms. The Kier molecular flexibility index (Phi) is 4320. The van der Waals surface area contributed by atoms with Crippen molar-refractivity contribution in [3.8, 4) is 0 Å². The van der Waals surface area contributed by atoms with E-state index < -0.39 is 0 Å². The second kappa shape index (κ2) is 156. The Morgan fingerprint density at radius 3 is 0.375 bits per heavy atom. The maximum atomic E-state index is 0. The Balaban J connectivity index is 0. The quantitative estimate of drug-likeness (QED) is 0.355. The van der Waals surface area contributed by atoms with Crippen LogP contribution in [0, 0.1) is 0 Å². The Morgan fingerprint density at radius 2 is 0.375 bits per heavy atom. The standard InChI is InChI=1S/BrH.K.6H2O/h1H;;6*1H2/q;+1;;;;;;/p-1. The third-order valence-corrected chi connectivity index (χ3v) is 0. The van der Waals surface area contributed by atoms with E-state index in [0.717, 1.165) is 0 Å². The molecule has 0 atom stereocenters. The first-order chi connectivity index (χ1) is 0. The summed E-state index contributed by atoms with van der Waals surface area (Å²) in [5, 5.41) is 0. The molecule has 8 heavy (non-hydrogen) atoms. The Bertz CT molecular complexity index is 8.49. The van der Waals surface area contributed by atoms with Gasteiger partial charge >= 0.3 is 51.4 Å². The fourth-order valence-corrected chi connectivity index (χ4v) is 0. The molecule has 0 radical (unpaired) electrons. The Morgan fingerprint density at radius 1 is 0.375 bits per heavy atom. The Labute approximate surface area is 99.7 Å². The van der Waals surface area contributed by atoms with Crippen LogP contribution in [0.3, 0.4) is 0 Å². The molecule has 0 saturated heterocycles. The van der Waals surface area contributed by atoms with E-state index in [2.05, 4.69) is 0 Å². The van der Waals surface area contributed by atoms with E-state index in [1.165, 1.54) is 0 Å². The van der Waals surface area contributed by atoms with Gasteiger partial charge in [-0.3, -0.25) is 0 Å². The smallest absolute Gasteiger partial charge is 1.00 e. The van der Waals surface area contributed by atoms with Crippen molar-refractivity contribution in [1.29, 1.82) is 0 Å². The van der Waals surface area contributed by atoms with Gasteiger partial charge in [-0.05, 0) is 0 Å². The third-order valence-electron chi connectivity index (χ3n) is 0. The predicted octanol–water partition coefficient (Wildman–Crippen LogP) is -10.9. The normalized spacial score (nSPS) is 0. The van der Waals surface area contributed by atoms with Crippen molar-refractivity contribution in [3.63, 3.8) is 0 Å². The van der Waals surface area contributed by atoms with Crippen molar-refractivity contribution >= 4 is 0 Å². The summed E-state index contributed by atoms with van der Waals surface area (Å²) in [5.74, 6) is 0. The molecule has 56 valence electrons. The summed E-state index contributed by atoms with van der Waals surface area (Å²) in [4.78, 5) is 0. The molecule has 0 bridgehead atoms. The average molecular weight is 227 g/mol. The molecule has 0 amide bonds. The van der Waals surface area contributed by atoms with E-state index in [-0.39, 0.29) is 101 Å². The molecule has 0 rings (SSSR count). The zero-order valence-corrected chi connectivity index (χ0v) is 9.09. The monoisotopic (exact) mass is 226 g/mol. The summed E-state index contributed by atoms with van der Waals surface area (Å²) in [7, 11) is 0. The van der Waals surface area contributed by atoms with Crippen LogP contribution in [0.4, 0.5) is 0 Å². The summed E-state index contributed by atoms with van der Waals surface area (Å²) in [6.07, 6.45) is 0. The van der Waals surface area contributed by atoms with E-state index in [1.807, 2.05) is 0 Å². The van der Waals surface area contributed by atoms with E-state index in [1.54, 1.807) is 0 Å². The summed E-state index contributed by atoms with van der Waals surface area (Å²) in [6.45, 7) is 0. The predicted molar refractivity (Wildman–Crippen MR) is 21.7 cm³/mol. The fraction of sp³-hybridized carbons (Fsp3) is 0. The molecule has 0 saturated carbocycles. The second-order valence-electron chi connectivity index (χ2n) is 0. The summed E-state index contributed by atoms with van der Waals surface area (Å²) < 4.78 is 0. The molecule has 12 N–H and O–H groups in total. The summed E-state index contributed by atoms with van der Waals surface area (Å²) in [6, 6.07) is 0. The van der Waals surface area contributed by atoms with Crippen molar-refractivity contribution in [2.75, 3.05) is 0 Å². The average Bonchev–Trinajstić information content (AvgIpc) is 0. The second-order valence-corrected chi connectivity index (χ2v) is 0. The first kappa shape index (κ1) is 221. The number of hydrogen-bond donors (Lipinski definition) is 0. The van der Waals surface area contributed by atoms with Gasteiger partial charge in [-0.15, -0.1) is 0 Å². The van der Waals surface area contributed by atoms with Crippen LogP contribution in [-0.4, -0.2) is 32.9 Å². The van der Waals surface area contributed by atoms with E-state index >= 15 is 0 Å². The first-order valence-electron chi connectivity index (χ1n) is 0. The number of halogens is 1. The molecule has 0 aromatic carbocycles. The van der Waals surface area contributed by atoms with Gasteiger partial charge < -0.3 is 49.8 Å². The van der Waals surface area contributed by atoms with Gasteiger partial charge in [-0.1, -0.05) is 0 Å². The molecule has 0 aromatic rings. The molecule has 0 aliphatic carbocycles. The zero-order valence-electron chi connectivity index (χ0n) is 4.38. The van der Waals surface area contributed by atoms with Gasteiger partial charge in [-0.25, -0.2) is 0 Å². The fourth-order valence-electron chi connectivity index (χ4n) is 0. The maximum Gasteiger partial charge on any atom is 1.00 e. The van der Waals surface area contributed by atoms with Crippen molar-refractivity contribution < 1.29 is 101 Å². The van der Waals surface area contributed by atoms with Crippen LogP contribution in [0.2, 0.25) is 0 Å². The van der Waals surface area contributed by atoms with Gasteiger partial charge in [0, 0.05) is 0 Å². The minimum atomic E-state index is 0. The van der Waals surface area contributed by atoms with Crippen LogP contribution < -0.4 is 68.4 Å². The first-order valence-corrected chi connectivity index (χ1v) is 0. The van der Waals surface area contributed by atoms with Crippen LogP contribution >= 0.6 is 0 Å². The molecule has 0 aliphatic rings. The van der Waals surface area contributed by atoms with Crippen LogP contribution in [0.1, 0.15) is 0 Å². The summed E-state index contributed by atoms with van der Waals surface area (Å²) >= 11 is 0. The van der Waals surface area contributed by atoms with Gasteiger partial charge in [0.05, 0.1) is 0 Å². The molecular weight excluding hydrogens is 215 g/mol. The zero-order chi connectivity index (χ0) is 0. The number of hydrogen-bond acceptors (Lipinski definition) is 0. The van der Waals surface area contributed by atoms with E-state index in [9.17, 15) is 0 Å². The molecule has 0 heterocycles. The molecule has 0 fully saturated rings. The SMILES string of the molecule is O.O.O.O.O.O.[Br-].[K+]. The van der Waals surface area contributed by atoms with Crippen LogP contribution in [0.5, 0.6) is 0 Å². The van der Waals surface area contributed by atoms with Gasteiger partial charge in [0.1, 0.15) is 0 Å². The molecule has 0 spiro atoms. The minimum Gasteiger partial charge on any atom is -1.00 e. The van der Waals surface area contributed by atoms with Gasteiger partial charge in [0.25, 0.3) is 0 Å². The molecule has 6 nitrogen and oxygen atoms in total. The van der Waals surface area contributed by atoms with Crippen molar-refractivity contribution in [2.45, 2.75) is 0 Å². The molecular formula is H12BrKO6. The van der Waals surface area contributed by atoms with Crippen molar-refractivity contribution in [1.82, 2.24) is 0 Å². The van der Waals surface area contributed by atoms with Crippen LogP contribution in [0.25, 0.3) is 0 Å². The Hall–Kier alpha value is 1.88. The van der Waals surface area contributed by atoms with Crippen molar-refractivity contribution in [3.05, 3.63) is 0 Å². The van der Waals surface area contributed by atoms with Crippen molar-refractivity contribution in [2.24, 2.45) is 0 Å². The van der Waals surface area contributed by atoms with Crippen LogP contribution in [-0.2, 0) is 0 Å². The third kappa shape index (κ3) is 106. The number of rotatable bonds is 0. The molecule has 0 aromatic heterocycles.